The summed E-state index contributed by atoms with van der Waals surface area (Å²) in [5.74, 6) is 0. The first-order valence-electron chi connectivity index (χ1n) is 5.92. The minimum Gasteiger partial charge on any atom is -0.392 e. The van der Waals surface area contributed by atoms with E-state index in [1.54, 1.807) is 0 Å². The summed E-state index contributed by atoms with van der Waals surface area (Å²) in [5, 5.41) is 22.4. The molecule has 0 saturated heterocycles. The van der Waals surface area contributed by atoms with Gasteiger partial charge in [-0.1, -0.05) is 20.8 Å². The van der Waals surface area contributed by atoms with E-state index in [4.69, 9.17) is 0 Å². The van der Waals surface area contributed by atoms with Crippen molar-refractivity contribution in [2.75, 3.05) is 33.7 Å². The fraction of sp³-hybridized carbons (Fsp3) is 1.00. The number of nitrogens with zero attached hydrogens (tertiary/aromatic N) is 1. The lowest BCUT2D eigenvalue weighted by atomic mass is 9.89. The highest BCUT2D eigenvalue weighted by Crippen LogP contribution is 2.20. The van der Waals surface area contributed by atoms with E-state index in [1.165, 1.54) is 0 Å². The van der Waals surface area contributed by atoms with Crippen molar-refractivity contribution in [1.29, 1.82) is 0 Å². The minimum atomic E-state index is -0.378. The van der Waals surface area contributed by atoms with Gasteiger partial charge in [0.25, 0.3) is 0 Å². The van der Waals surface area contributed by atoms with Gasteiger partial charge < -0.3 is 20.4 Å². The van der Waals surface area contributed by atoms with E-state index in [2.05, 4.69) is 26.1 Å². The largest absolute Gasteiger partial charge is 0.392 e. The molecule has 2 unspecified atom stereocenters. The summed E-state index contributed by atoms with van der Waals surface area (Å²) in [5.41, 5.74) is 0.142. The summed E-state index contributed by atoms with van der Waals surface area (Å²) in [4.78, 5) is 1.94. The molecule has 4 nitrogen and oxygen atoms in total. The first-order valence-corrected chi connectivity index (χ1v) is 5.92. The highest BCUT2D eigenvalue weighted by atomic mass is 16.3. The van der Waals surface area contributed by atoms with E-state index < -0.39 is 0 Å². The highest BCUT2D eigenvalue weighted by molar-refractivity contribution is 4.71. The van der Waals surface area contributed by atoms with Gasteiger partial charge in [-0.2, -0.15) is 0 Å². The maximum Gasteiger partial charge on any atom is 0.0791 e. The number of aliphatic hydroxyl groups is 2. The third kappa shape index (κ3) is 10.4. The summed E-state index contributed by atoms with van der Waals surface area (Å²) in [6, 6.07) is 0. The summed E-state index contributed by atoms with van der Waals surface area (Å²) in [6.07, 6.45) is 0.0486. The van der Waals surface area contributed by atoms with Crippen molar-refractivity contribution in [3.8, 4) is 0 Å². The number of hydrogen-bond donors (Lipinski definition) is 3. The summed E-state index contributed by atoms with van der Waals surface area (Å²) in [6.45, 7) is 8.04. The molecule has 98 valence electrons. The molecule has 0 fully saturated rings. The van der Waals surface area contributed by atoms with Crippen LogP contribution in [-0.4, -0.2) is 61.1 Å². The molecule has 0 aromatic rings. The molecule has 0 aliphatic rings. The average Bonchev–Trinajstić information content (AvgIpc) is 1.98. The Morgan fingerprint density at radius 1 is 1.06 bits per heavy atom. The Labute approximate surface area is 99.7 Å². The third-order valence-electron chi connectivity index (χ3n) is 2.18. The molecular weight excluding hydrogens is 204 g/mol. The van der Waals surface area contributed by atoms with Gasteiger partial charge in [-0.25, -0.2) is 0 Å². The lowest BCUT2D eigenvalue weighted by molar-refractivity contribution is 0.104. The van der Waals surface area contributed by atoms with E-state index in [-0.39, 0.29) is 17.6 Å². The molecule has 0 aromatic carbocycles. The molecule has 0 aliphatic carbocycles. The van der Waals surface area contributed by atoms with Crippen molar-refractivity contribution in [3.63, 3.8) is 0 Å². The van der Waals surface area contributed by atoms with E-state index in [1.807, 2.05) is 19.0 Å². The lowest BCUT2D eigenvalue weighted by Crippen LogP contribution is -2.38. The van der Waals surface area contributed by atoms with Crippen LogP contribution in [0.5, 0.6) is 0 Å². The molecule has 0 spiro atoms. The number of rotatable bonds is 7. The lowest BCUT2D eigenvalue weighted by Gasteiger charge is -2.23. The van der Waals surface area contributed by atoms with Gasteiger partial charge in [0.05, 0.1) is 12.2 Å². The number of aliphatic hydroxyl groups excluding tert-OH is 2. The number of nitrogens with one attached hydrogen (secondary N) is 1. The van der Waals surface area contributed by atoms with Crippen LogP contribution in [0.25, 0.3) is 0 Å². The fourth-order valence-corrected chi connectivity index (χ4v) is 1.68. The SMILES string of the molecule is CN(C)CC(O)CNCC(O)CC(C)(C)C. The molecule has 0 amide bonds. The number of hydrogen-bond acceptors (Lipinski definition) is 4. The zero-order valence-corrected chi connectivity index (χ0v) is 11.3. The first kappa shape index (κ1) is 15.8. The van der Waals surface area contributed by atoms with Gasteiger partial charge in [-0.05, 0) is 25.9 Å². The van der Waals surface area contributed by atoms with Crippen LogP contribution in [0.1, 0.15) is 27.2 Å². The molecule has 0 radical (unpaired) electrons. The van der Waals surface area contributed by atoms with Crippen molar-refractivity contribution in [1.82, 2.24) is 10.2 Å². The molecule has 2 atom stereocenters. The van der Waals surface area contributed by atoms with Crippen molar-refractivity contribution in [3.05, 3.63) is 0 Å². The third-order valence-corrected chi connectivity index (χ3v) is 2.18. The Bertz CT molecular complexity index is 178. The maximum atomic E-state index is 9.73. The molecule has 0 saturated carbocycles. The Kier molecular flexibility index (Phi) is 7.15. The van der Waals surface area contributed by atoms with E-state index in [0.29, 0.717) is 19.6 Å². The highest BCUT2D eigenvalue weighted by Gasteiger charge is 2.16. The summed E-state index contributed by atoms with van der Waals surface area (Å²) >= 11 is 0. The Morgan fingerprint density at radius 3 is 2.00 bits per heavy atom. The summed E-state index contributed by atoms with van der Waals surface area (Å²) < 4.78 is 0. The van der Waals surface area contributed by atoms with Crippen molar-refractivity contribution < 1.29 is 10.2 Å². The quantitative estimate of drug-likeness (QED) is 0.591. The fourth-order valence-electron chi connectivity index (χ4n) is 1.68. The van der Waals surface area contributed by atoms with Crippen LogP contribution in [-0.2, 0) is 0 Å². The second-order valence-corrected chi connectivity index (χ2v) is 5.99. The van der Waals surface area contributed by atoms with Crippen LogP contribution in [0.3, 0.4) is 0 Å². The van der Waals surface area contributed by atoms with Gasteiger partial charge in [0.2, 0.25) is 0 Å². The molecule has 0 aromatic heterocycles. The predicted octanol–water partition coefficient (Wildman–Crippen LogP) is 0.296. The second-order valence-electron chi connectivity index (χ2n) is 5.99. The Hall–Kier alpha value is -0.160. The molecular formula is C12H28N2O2. The van der Waals surface area contributed by atoms with E-state index in [9.17, 15) is 10.2 Å². The average molecular weight is 232 g/mol. The van der Waals surface area contributed by atoms with Crippen LogP contribution in [0, 0.1) is 5.41 Å². The van der Waals surface area contributed by atoms with Crippen LogP contribution in [0.2, 0.25) is 0 Å². The minimum absolute atomic E-state index is 0.142. The smallest absolute Gasteiger partial charge is 0.0791 e. The molecule has 0 heterocycles. The van der Waals surface area contributed by atoms with Gasteiger partial charge in [-0.15, -0.1) is 0 Å². The van der Waals surface area contributed by atoms with Crippen molar-refractivity contribution >= 4 is 0 Å². The zero-order valence-electron chi connectivity index (χ0n) is 11.3. The van der Waals surface area contributed by atoms with Crippen molar-refractivity contribution in [2.45, 2.75) is 39.4 Å². The predicted molar refractivity (Wildman–Crippen MR) is 67.5 cm³/mol. The van der Waals surface area contributed by atoms with Crippen LogP contribution >= 0.6 is 0 Å². The maximum absolute atomic E-state index is 9.73. The van der Waals surface area contributed by atoms with Crippen LogP contribution < -0.4 is 5.32 Å². The van der Waals surface area contributed by atoms with Crippen molar-refractivity contribution in [2.24, 2.45) is 5.41 Å². The van der Waals surface area contributed by atoms with Gasteiger partial charge in [0.15, 0.2) is 0 Å². The van der Waals surface area contributed by atoms with Gasteiger partial charge >= 0.3 is 0 Å². The topological polar surface area (TPSA) is 55.7 Å². The van der Waals surface area contributed by atoms with Gasteiger partial charge in [-0.3, -0.25) is 0 Å². The number of likely N-dealkylation sites (N-methyl/N-ethyl adjacent to an activating group) is 1. The molecule has 0 bridgehead atoms. The summed E-state index contributed by atoms with van der Waals surface area (Å²) in [7, 11) is 3.86. The molecule has 0 rings (SSSR count). The Morgan fingerprint density at radius 2 is 1.56 bits per heavy atom. The zero-order chi connectivity index (χ0) is 12.8. The van der Waals surface area contributed by atoms with Crippen LogP contribution in [0.15, 0.2) is 0 Å². The first-order chi connectivity index (χ1) is 7.20. The van der Waals surface area contributed by atoms with E-state index >= 15 is 0 Å². The van der Waals surface area contributed by atoms with Gasteiger partial charge in [0, 0.05) is 19.6 Å². The second kappa shape index (κ2) is 7.22. The standard InChI is InChI=1S/C12H28N2O2/c1-12(2,3)6-10(15)7-13-8-11(16)9-14(4)5/h10-11,13,15-16H,6-9H2,1-5H3. The van der Waals surface area contributed by atoms with E-state index in [0.717, 1.165) is 6.42 Å². The molecule has 16 heavy (non-hydrogen) atoms. The monoisotopic (exact) mass is 232 g/mol. The Balaban J connectivity index is 3.58. The molecule has 4 heteroatoms. The van der Waals surface area contributed by atoms with Crippen LogP contribution in [0.4, 0.5) is 0 Å². The van der Waals surface area contributed by atoms with Gasteiger partial charge in [0.1, 0.15) is 0 Å². The molecule has 0 aliphatic heterocycles. The normalized spacial score (nSPS) is 16.5. The molecule has 3 N–H and O–H groups in total.